The van der Waals surface area contributed by atoms with Crippen LogP contribution < -0.4 is 14.4 Å². The molecule has 0 spiro atoms. The third kappa shape index (κ3) is 3.60. The van der Waals surface area contributed by atoms with Crippen molar-refractivity contribution >= 4 is 54.1 Å². The molecule has 0 saturated carbocycles. The Hall–Kier alpha value is -2.75. The molecule has 1 aliphatic heterocycles. The number of likely N-dealkylation sites (N-methyl/N-ethyl adjacent to an activating group) is 1. The summed E-state index contributed by atoms with van der Waals surface area (Å²) in [6.45, 7) is 2.30. The molecule has 0 unspecified atom stereocenters. The quantitative estimate of drug-likeness (QED) is 0.469. The van der Waals surface area contributed by atoms with E-state index in [1.54, 1.807) is 4.90 Å². The van der Waals surface area contributed by atoms with Crippen molar-refractivity contribution in [2.24, 2.45) is 0 Å². The lowest BCUT2D eigenvalue weighted by molar-refractivity contribution is 0.0985. The SMILES string of the molecule is CN(C)CCN(C(=O)c1nc2ccccc2s1)c1nc2cc3c(cc2s1)OCCO3. The molecule has 1 aliphatic rings. The van der Waals surface area contributed by atoms with E-state index in [1.807, 2.05) is 55.4 Å². The molecular formula is C21H20N4O3S2. The Morgan fingerprint density at radius 2 is 1.73 bits per heavy atom. The van der Waals surface area contributed by atoms with Crippen molar-refractivity contribution in [2.45, 2.75) is 0 Å². The van der Waals surface area contributed by atoms with Crippen LogP contribution >= 0.6 is 22.7 Å². The Kier molecular flexibility index (Phi) is 5.01. The fourth-order valence-corrected chi connectivity index (χ4v) is 5.15. The molecule has 30 heavy (non-hydrogen) atoms. The molecule has 0 atom stereocenters. The fourth-order valence-electron chi connectivity index (χ4n) is 3.23. The average Bonchev–Trinajstić information content (AvgIpc) is 3.35. The highest BCUT2D eigenvalue weighted by Crippen LogP contribution is 2.39. The summed E-state index contributed by atoms with van der Waals surface area (Å²) in [5, 5.41) is 1.12. The van der Waals surface area contributed by atoms with Gasteiger partial charge < -0.3 is 14.4 Å². The summed E-state index contributed by atoms with van der Waals surface area (Å²) in [5.74, 6) is 1.29. The van der Waals surface area contributed by atoms with Gasteiger partial charge in [0.2, 0.25) is 0 Å². The molecule has 2 aromatic heterocycles. The predicted octanol–water partition coefficient (Wildman–Crippen LogP) is 3.89. The first-order valence-corrected chi connectivity index (χ1v) is 11.2. The summed E-state index contributed by atoms with van der Waals surface area (Å²) in [7, 11) is 3.98. The standard InChI is InChI=1S/C21H20N4O3S2/c1-24(2)7-8-25(20(26)19-22-13-5-3-4-6-17(13)29-19)21-23-14-11-15-16(12-18(14)30-21)28-10-9-27-15/h3-6,11-12H,7-10H2,1-2H3. The molecule has 2 aromatic carbocycles. The molecule has 154 valence electrons. The molecule has 0 aliphatic carbocycles. The van der Waals surface area contributed by atoms with Crippen LogP contribution in [0.15, 0.2) is 36.4 Å². The molecule has 3 heterocycles. The van der Waals surface area contributed by atoms with E-state index in [0.717, 1.165) is 32.7 Å². The van der Waals surface area contributed by atoms with E-state index in [0.29, 0.717) is 35.6 Å². The molecule has 0 radical (unpaired) electrons. The van der Waals surface area contributed by atoms with Gasteiger partial charge in [-0.15, -0.1) is 11.3 Å². The van der Waals surface area contributed by atoms with Gasteiger partial charge in [0, 0.05) is 25.2 Å². The monoisotopic (exact) mass is 440 g/mol. The van der Waals surface area contributed by atoms with Crippen LogP contribution in [0, 0.1) is 0 Å². The van der Waals surface area contributed by atoms with Crippen molar-refractivity contribution in [3.8, 4) is 11.5 Å². The summed E-state index contributed by atoms with van der Waals surface area (Å²) >= 11 is 2.89. The van der Waals surface area contributed by atoms with E-state index in [1.165, 1.54) is 22.7 Å². The Morgan fingerprint density at radius 1 is 0.967 bits per heavy atom. The summed E-state index contributed by atoms with van der Waals surface area (Å²) in [5.41, 5.74) is 1.64. The van der Waals surface area contributed by atoms with Crippen molar-refractivity contribution < 1.29 is 14.3 Å². The van der Waals surface area contributed by atoms with Gasteiger partial charge in [0.1, 0.15) is 13.2 Å². The number of thiazole rings is 2. The van der Waals surface area contributed by atoms with Crippen LogP contribution in [0.4, 0.5) is 5.13 Å². The summed E-state index contributed by atoms with van der Waals surface area (Å²) in [6.07, 6.45) is 0. The van der Waals surface area contributed by atoms with E-state index in [-0.39, 0.29) is 5.91 Å². The first-order chi connectivity index (χ1) is 14.6. The second-order valence-electron chi connectivity index (χ2n) is 7.21. The topological polar surface area (TPSA) is 67.8 Å². The van der Waals surface area contributed by atoms with Gasteiger partial charge in [-0.3, -0.25) is 9.69 Å². The summed E-state index contributed by atoms with van der Waals surface area (Å²) < 4.78 is 13.3. The number of aromatic nitrogens is 2. The summed E-state index contributed by atoms with van der Waals surface area (Å²) in [6, 6.07) is 11.6. The van der Waals surface area contributed by atoms with Crippen molar-refractivity contribution in [2.75, 3.05) is 45.3 Å². The number of hydrogen-bond donors (Lipinski definition) is 0. The second kappa shape index (κ2) is 7.82. The number of amides is 1. The molecule has 0 saturated heterocycles. The highest BCUT2D eigenvalue weighted by atomic mass is 32.1. The largest absolute Gasteiger partial charge is 0.486 e. The van der Waals surface area contributed by atoms with Gasteiger partial charge in [-0.05, 0) is 26.2 Å². The van der Waals surface area contributed by atoms with Crippen molar-refractivity contribution in [3.63, 3.8) is 0 Å². The smallest absolute Gasteiger partial charge is 0.289 e. The van der Waals surface area contributed by atoms with Gasteiger partial charge in [0.15, 0.2) is 21.6 Å². The number of hydrogen-bond acceptors (Lipinski definition) is 8. The highest BCUT2D eigenvalue weighted by Gasteiger charge is 2.25. The minimum Gasteiger partial charge on any atom is -0.486 e. The Balaban J connectivity index is 1.53. The van der Waals surface area contributed by atoms with Crippen molar-refractivity contribution in [1.29, 1.82) is 0 Å². The molecule has 9 heteroatoms. The van der Waals surface area contributed by atoms with Gasteiger partial charge in [0.25, 0.3) is 5.91 Å². The molecule has 0 N–H and O–H groups in total. The number of rotatable bonds is 5. The van der Waals surface area contributed by atoms with Gasteiger partial charge in [-0.1, -0.05) is 23.5 Å². The number of para-hydroxylation sites is 1. The zero-order valence-electron chi connectivity index (χ0n) is 16.6. The maximum atomic E-state index is 13.4. The molecular weight excluding hydrogens is 420 g/mol. The van der Waals surface area contributed by atoms with E-state index >= 15 is 0 Å². The molecule has 0 bridgehead atoms. The maximum absolute atomic E-state index is 13.4. The van der Waals surface area contributed by atoms with Crippen LogP contribution in [0.25, 0.3) is 20.4 Å². The van der Waals surface area contributed by atoms with Crippen LogP contribution in [-0.2, 0) is 0 Å². The first kappa shape index (κ1) is 19.2. The molecule has 7 nitrogen and oxygen atoms in total. The number of carbonyl (C=O) groups is 1. The molecule has 1 amide bonds. The Bertz CT molecular complexity index is 1160. The van der Waals surface area contributed by atoms with Crippen molar-refractivity contribution in [3.05, 3.63) is 41.4 Å². The minimum atomic E-state index is -0.130. The minimum absolute atomic E-state index is 0.130. The van der Waals surface area contributed by atoms with Crippen LogP contribution in [-0.4, -0.2) is 61.2 Å². The lowest BCUT2D eigenvalue weighted by atomic mass is 10.3. The second-order valence-corrected chi connectivity index (χ2v) is 9.25. The van der Waals surface area contributed by atoms with Crippen LogP contribution in [0.5, 0.6) is 11.5 Å². The van der Waals surface area contributed by atoms with Crippen LogP contribution in [0.3, 0.4) is 0 Å². The Morgan fingerprint density at radius 3 is 2.50 bits per heavy atom. The van der Waals surface area contributed by atoms with Gasteiger partial charge in [-0.25, -0.2) is 9.97 Å². The number of nitrogens with zero attached hydrogens (tertiary/aromatic N) is 4. The Labute approximate surface area is 181 Å². The van der Waals surface area contributed by atoms with Gasteiger partial charge in [0.05, 0.1) is 20.4 Å². The van der Waals surface area contributed by atoms with Crippen molar-refractivity contribution in [1.82, 2.24) is 14.9 Å². The van der Waals surface area contributed by atoms with E-state index < -0.39 is 0 Å². The van der Waals surface area contributed by atoms with E-state index in [4.69, 9.17) is 14.5 Å². The molecule has 5 rings (SSSR count). The maximum Gasteiger partial charge on any atom is 0.289 e. The molecule has 0 fully saturated rings. The predicted molar refractivity (Wildman–Crippen MR) is 120 cm³/mol. The van der Waals surface area contributed by atoms with Gasteiger partial charge in [-0.2, -0.15) is 0 Å². The number of ether oxygens (including phenoxy) is 2. The lowest BCUT2D eigenvalue weighted by Crippen LogP contribution is -2.36. The lowest BCUT2D eigenvalue weighted by Gasteiger charge is -2.20. The molecule has 4 aromatic rings. The van der Waals surface area contributed by atoms with Crippen LogP contribution in [0.2, 0.25) is 0 Å². The van der Waals surface area contributed by atoms with E-state index in [2.05, 4.69) is 4.98 Å². The number of carbonyl (C=O) groups excluding carboxylic acids is 1. The normalized spacial score (nSPS) is 13.3. The highest BCUT2D eigenvalue weighted by molar-refractivity contribution is 7.23. The first-order valence-electron chi connectivity index (χ1n) is 9.61. The van der Waals surface area contributed by atoms with Gasteiger partial charge >= 0.3 is 0 Å². The zero-order chi connectivity index (χ0) is 20.7. The van der Waals surface area contributed by atoms with E-state index in [9.17, 15) is 4.79 Å². The fraction of sp³-hybridized carbons (Fsp3) is 0.286. The zero-order valence-corrected chi connectivity index (χ0v) is 18.3. The third-order valence-corrected chi connectivity index (χ3v) is 6.83. The number of fused-ring (bicyclic) bond motifs is 3. The average molecular weight is 441 g/mol. The summed E-state index contributed by atoms with van der Waals surface area (Å²) in [4.78, 5) is 26.5. The van der Waals surface area contributed by atoms with Crippen LogP contribution in [0.1, 0.15) is 9.80 Å². The third-order valence-electron chi connectivity index (χ3n) is 4.76. The number of benzene rings is 2. The number of anilines is 1.